The van der Waals surface area contributed by atoms with Crippen LogP contribution in [0.5, 0.6) is 0 Å². The predicted molar refractivity (Wildman–Crippen MR) is 204 cm³/mol. The van der Waals surface area contributed by atoms with E-state index in [1.54, 1.807) is 0 Å². The number of hydrogen-bond donors (Lipinski definition) is 13. The maximum absolute atomic E-state index is 12.9. The molecule has 0 aromatic heterocycles. The number of carbonyl (C=O) groups is 1. The minimum Gasteiger partial charge on any atom is -0.394 e. The van der Waals surface area contributed by atoms with Crippen LogP contribution in [0.4, 0.5) is 0 Å². The van der Waals surface area contributed by atoms with E-state index in [4.69, 9.17) is 61.8 Å². The molecule has 4 fully saturated rings. The summed E-state index contributed by atoms with van der Waals surface area (Å²) < 4.78 is 43.5. The quantitative estimate of drug-likeness (QED) is 0.0544. The summed E-state index contributed by atoms with van der Waals surface area (Å²) in [5, 5.41) is 69.7. The van der Waals surface area contributed by atoms with Gasteiger partial charge in [0, 0.05) is 19.1 Å². The van der Waals surface area contributed by atoms with Crippen molar-refractivity contribution in [2.24, 2.45) is 28.7 Å². The number of aliphatic hydroxyl groups is 6. The molecule has 1 saturated carbocycles. The lowest BCUT2D eigenvalue weighted by atomic mass is 9.83. The van der Waals surface area contributed by atoms with Crippen LogP contribution in [0, 0.1) is 0 Å². The monoisotopic (exact) mass is 831 g/mol. The van der Waals surface area contributed by atoms with Crippen molar-refractivity contribution in [3.8, 4) is 0 Å². The minimum atomic E-state index is -1.53. The number of benzene rings is 1. The average molecular weight is 832 g/mol. The zero-order valence-corrected chi connectivity index (χ0v) is 32.6. The van der Waals surface area contributed by atoms with Gasteiger partial charge in [-0.05, 0) is 50.8 Å². The number of nitrogens with two attached hydrogens (primary N) is 5. The molecule has 1 aromatic rings. The number of ether oxygens (including phenoxy) is 7. The van der Waals surface area contributed by atoms with Gasteiger partial charge in [-0.2, -0.15) is 0 Å². The summed E-state index contributed by atoms with van der Waals surface area (Å²) in [4.78, 5) is 12.9. The van der Waals surface area contributed by atoms with Crippen molar-refractivity contribution >= 4 is 5.91 Å². The van der Waals surface area contributed by atoms with Crippen LogP contribution in [0.2, 0.25) is 0 Å². The Morgan fingerprint density at radius 3 is 2.19 bits per heavy atom. The van der Waals surface area contributed by atoms with Gasteiger partial charge >= 0.3 is 0 Å². The molecule has 1 aromatic carbocycles. The molecule has 1 amide bonds. The smallest absolute Gasteiger partial charge is 0.249 e. The number of nitrogens with one attached hydrogen (secondary N) is 2. The highest BCUT2D eigenvalue weighted by atomic mass is 16.8. The van der Waals surface area contributed by atoms with Gasteiger partial charge in [0.1, 0.15) is 61.0 Å². The first kappa shape index (κ1) is 47.0. The van der Waals surface area contributed by atoms with E-state index in [2.05, 4.69) is 10.6 Å². The number of hydrogen-bond acceptors (Lipinski definition) is 20. The summed E-state index contributed by atoms with van der Waals surface area (Å²) in [6.45, 7) is 0.0953. The first-order valence-electron chi connectivity index (χ1n) is 20.1. The van der Waals surface area contributed by atoms with E-state index in [1.807, 2.05) is 30.3 Å². The summed E-state index contributed by atoms with van der Waals surface area (Å²) in [6.07, 6.45) is -15.5. The first-order valence-corrected chi connectivity index (χ1v) is 20.1. The lowest BCUT2D eigenvalue weighted by Gasteiger charge is -2.47. The minimum absolute atomic E-state index is 0.0172. The molecular formula is C37H65N7O14. The topological polar surface area (TPSA) is 357 Å². The van der Waals surface area contributed by atoms with Crippen molar-refractivity contribution in [1.29, 1.82) is 0 Å². The zero-order valence-electron chi connectivity index (χ0n) is 32.6. The summed E-state index contributed by atoms with van der Waals surface area (Å²) in [7, 11) is 0. The van der Waals surface area contributed by atoms with Gasteiger partial charge in [0.15, 0.2) is 18.9 Å². The second-order valence-electron chi connectivity index (χ2n) is 15.3. The molecule has 4 aliphatic rings. The fourth-order valence-electron chi connectivity index (χ4n) is 7.72. The summed E-state index contributed by atoms with van der Waals surface area (Å²) in [6, 6.07) is 6.09. The molecule has 1 aliphatic carbocycles. The van der Waals surface area contributed by atoms with E-state index in [9.17, 15) is 35.4 Å². The van der Waals surface area contributed by atoms with Gasteiger partial charge in [0.05, 0.1) is 44.1 Å². The Morgan fingerprint density at radius 2 is 1.50 bits per heavy atom. The maximum atomic E-state index is 12.9. The zero-order chi connectivity index (χ0) is 41.9. The molecule has 21 nitrogen and oxygen atoms in total. The number of rotatable bonds is 20. The van der Waals surface area contributed by atoms with Gasteiger partial charge in [-0.15, -0.1) is 0 Å². The van der Waals surface area contributed by atoms with Gasteiger partial charge in [-0.3, -0.25) is 4.79 Å². The molecule has 0 unspecified atom stereocenters. The second-order valence-corrected chi connectivity index (χ2v) is 15.3. The first-order chi connectivity index (χ1) is 27.9. The van der Waals surface area contributed by atoms with E-state index in [0.29, 0.717) is 25.9 Å². The molecule has 5 rings (SSSR count). The van der Waals surface area contributed by atoms with E-state index in [0.717, 1.165) is 12.0 Å². The number of aliphatic hydroxyl groups excluding tert-OH is 6. The lowest BCUT2D eigenvalue weighted by molar-refractivity contribution is -0.294. The van der Waals surface area contributed by atoms with E-state index >= 15 is 0 Å². The van der Waals surface area contributed by atoms with Crippen LogP contribution in [-0.4, -0.2) is 193 Å². The van der Waals surface area contributed by atoms with Crippen molar-refractivity contribution in [3.05, 3.63) is 35.9 Å². The van der Waals surface area contributed by atoms with Gasteiger partial charge in [0.25, 0.3) is 0 Å². The standard InChI is InChI=1S/C37H65N7O14/c38-10-8-23(47)34(51)44-22-14-21(41)30(56-35-20(40)7-6-19(16-45)53-35)32(27(22)48)58-37-33(52-13-12-43-11-9-18-4-2-1-3-5-18)31(25(17-46)55-37)57-36-26(42)29(50)28(49)24(15-39)54-36/h1-5,19-33,35-37,43,45-50H,6-17,38-42H2,(H,44,51)/t19-,20+,21-,22+,23-,24-,25+,26+,27-,28+,29+,30+,31+,32+,33+,35+,36+,37-/m0/s1. The van der Waals surface area contributed by atoms with Gasteiger partial charge in [-0.1, -0.05) is 30.3 Å². The van der Waals surface area contributed by atoms with Crippen LogP contribution in [0.1, 0.15) is 31.2 Å². The van der Waals surface area contributed by atoms with Crippen molar-refractivity contribution in [2.75, 3.05) is 46.0 Å². The second kappa shape index (κ2) is 22.7. The SMILES string of the molecule is NCC[C@H](O)C(=O)N[C@@H]1C[C@H](N)[C@@H](O[C@H]2O[C@H](CO)CC[C@H]2N)[C@H](O[C@@H]2O[C@H](CO)[C@@H](O[C@H]3O[C@@H](CN)[C@@H](O)[C@H](O)[C@H]3N)[C@H]2OCCNCCc2ccccc2)[C@H]1O. The van der Waals surface area contributed by atoms with Crippen LogP contribution in [-0.2, 0) is 44.4 Å². The van der Waals surface area contributed by atoms with Crippen molar-refractivity contribution in [1.82, 2.24) is 10.6 Å². The van der Waals surface area contributed by atoms with Gasteiger partial charge in [-0.25, -0.2) is 0 Å². The third-order valence-electron chi connectivity index (χ3n) is 11.1. The Hall–Kier alpha value is -2.07. The summed E-state index contributed by atoms with van der Waals surface area (Å²) in [5.74, 6) is -0.776. The predicted octanol–water partition coefficient (Wildman–Crippen LogP) is -6.08. The fourth-order valence-corrected chi connectivity index (χ4v) is 7.72. The van der Waals surface area contributed by atoms with E-state index in [-0.39, 0.29) is 39.1 Å². The molecular weight excluding hydrogens is 766 g/mol. The van der Waals surface area contributed by atoms with Crippen LogP contribution in [0.15, 0.2) is 30.3 Å². The fraction of sp³-hybridized carbons (Fsp3) is 0.811. The van der Waals surface area contributed by atoms with Gasteiger partial charge in [0.2, 0.25) is 5.91 Å². The van der Waals surface area contributed by atoms with Crippen LogP contribution >= 0.6 is 0 Å². The molecule has 0 bridgehead atoms. The van der Waals surface area contributed by atoms with E-state index in [1.165, 1.54) is 0 Å². The molecule has 3 heterocycles. The van der Waals surface area contributed by atoms with Crippen molar-refractivity contribution in [2.45, 2.75) is 142 Å². The maximum Gasteiger partial charge on any atom is 0.249 e. The van der Waals surface area contributed by atoms with Crippen molar-refractivity contribution in [3.63, 3.8) is 0 Å². The van der Waals surface area contributed by atoms with Crippen molar-refractivity contribution < 1.29 is 68.6 Å². The lowest BCUT2D eigenvalue weighted by Crippen LogP contribution is -2.67. The molecule has 3 aliphatic heterocycles. The summed E-state index contributed by atoms with van der Waals surface area (Å²) in [5.41, 5.74) is 31.8. The Labute approximate surface area is 337 Å². The normalized spacial score (nSPS) is 40.0. The van der Waals surface area contributed by atoms with E-state index < -0.39 is 123 Å². The Kier molecular flexibility index (Phi) is 18.4. The Morgan fingerprint density at radius 1 is 0.793 bits per heavy atom. The number of amides is 1. The third kappa shape index (κ3) is 11.8. The highest BCUT2D eigenvalue weighted by Crippen LogP contribution is 2.36. The molecule has 0 spiro atoms. The number of carbonyl (C=O) groups excluding carboxylic acids is 1. The highest BCUT2D eigenvalue weighted by molar-refractivity contribution is 5.80. The summed E-state index contributed by atoms with van der Waals surface area (Å²) >= 11 is 0. The Balaban J connectivity index is 1.39. The third-order valence-corrected chi connectivity index (χ3v) is 11.1. The molecule has 332 valence electrons. The van der Waals surface area contributed by atoms with Crippen LogP contribution in [0.25, 0.3) is 0 Å². The molecule has 58 heavy (non-hydrogen) atoms. The molecule has 21 heteroatoms. The Bertz CT molecular complexity index is 1360. The van der Waals surface area contributed by atoms with Crippen LogP contribution < -0.4 is 39.3 Å². The average Bonchev–Trinajstić information content (AvgIpc) is 3.55. The molecule has 0 radical (unpaired) electrons. The van der Waals surface area contributed by atoms with Gasteiger partial charge < -0.3 is 103 Å². The van der Waals surface area contributed by atoms with Crippen LogP contribution in [0.3, 0.4) is 0 Å². The molecule has 3 saturated heterocycles. The molecule has 18 atom stereocenters. The molecule has 18 N–H and O–H groups in total. The largest absolute Gasteiger partial charge is 0.394 e. The highest BCUT2D eigenvalue weighted by Gasteiger charge is 2.55.